The van der Waals surface area contributed by atoms with Gasteiger partial charge in [0, 0.05) is 12.6 Å². The van der Waals surface area contributed by atoms with Crippen molar-refractivity contribution in [2.45, 2.75) is 11.8 Å². The molecule has 0 bridgehead atoms. The second kappa shape index (κ2) is 9.57. The highest BCUT2D eigenvalue weighted by atomic mass is 32.2. The highest BCUT2D eigenvalue weighted by molar-refractivity contribution is 7.86. The molecule has 2 N–H and O–H groups in total. The van der Waals surface area contributed by atoms with Crippen LogP contribution in [-0.4, -0.2) is 23.0 Å². The van der Waals surface area contributed by atoms with Crippen LogP contribution >= 0.6 is 0 Å². The van der Waals surface area contributed by atoms with Crippen LogP contribution in [0.3, 0.4) is 0 Å². The van der Waals surface area contributed by atoms with Crippen LogP contribution in [0.15, 0.2) is 82.7 Å². The summed E-state index contributed by atoms with van der Waals surface area (Å²) in [6.07, 6.45) is 1.75. The fourth-order valence-electron chi connectivity index (χ4n) is 3.12. The number of nitrogens with one attached hydrogen (secondary N) is 2. The minimum Gasteiger partial charge on any atom is -0.495 e. The maximum absolute atomic E-state index is 13.0. The van der Waals surface area contributed by atoms with Crippen molar-refractivity contribution in [3.05, 3.63) is 78.9 Å². The largest absolute Gasteiger partial charge is 0.495 e. The number of aryl methyl sites for hydroxylation is 1. The van der Waals surface area contributed by atoms with Crippen molar-refractivity contribution in [3.63, 3.8) is 0 Å². The van der Waals surface area contributed by atoms with E-state index in [1.165, 1.54) is 0 Å². The van der Waals surface area contributed by atoms with Gasteiger partial charge in [0.15, 0.2) is 22.4 Å². The molecule has 0 radical (unpaired) electrons. The van der Waals surface area contributed by atoms with Gasteiger partial charge in [-0.25, -0.2) is 4.21 Å². The smallest absolute Gasteiger partial charge is 0.189 e. The average molecular weight is 450 g/mol. The minimum atomic E-state index is -1.58. The van der Waals surface area contributed by atoms with Gasteiger partial charge in [-0.2, -0.15) is 0 Å². The van der Waals surface area contributed by atoms with E-state index in [1.54, 1.807) is 43.5 Å². The Morgan fingerprint density at radius 1 is 1.12 bits per heavy atom. The lowest BCUT2D eigenvalue weighted by Gasteiger charge is -2.10. The van der Waals surface area contributed by atoms with Gasteiger partial charge in [-0.05, 0) is 42.8 Å². The molecule has 0 fully saturated rings. The van der Waals surface area contributed by atoms with Crippen LogP contribution in [0.2, 0.25) is 0 Å². The first-order valence-electron chi connectivity index (χ1n) is 9.93. The fraction of sp³-hybridized carbons (Fsp3) is 0.125. The van der Waals surface area contributed by atoms with Crippen molar-refractivity contribution in [3.8, 4) is 17.2 Å². The van der Waals surface area contributed by atoms with Crippen molar-refractivity contribution in [1.82, 2.24) is 5.16 Å². The third kappa shape index (κ3) is 4.60. The Balaban J connectivity index is 1.56. The number of hydrogen-bond acceptors (Lipinski definition) is 6. The van der Waals surface area contributed by atoms with E-state index >= 15 is 0 Å². The van der Waals surface area contributed by atoms with Crippen LogP contribution in [-0.2, 0) is 11.0 Å². The number of para-hydroxylation sites is 1. The van der Waals surface area contributed by atoms with E-state index in [2.05, 4.69) is 21.8 Å². The molecule has 7 nitrogen and oxygen atoms in total. The SMILES string of the molecule is C=CCNc1cc2onc(NS(=O)c3cccc(Oc4ccccc4C)c3)c2cc1OC. The minimum absolute atomic E-state index is 0.358. The predicted molar refractivity (Wildman–Crippen MR) is 127 cm³/mol. The second-order valence-corrected chi connectivity index (χ2v) is 8.18. The summed E-state index contributed by atoms with van der Waals surface area (Å²) in [6, 6.07) is 18.4. The monoisotopic (exact) mass is 449 g/mol. The molecule has 8 heteroatoms. The van der Waals surface area contributed by atoms with E-state index in [9.17, 15) is 4.21 Å². The summed E-state index contributed by atoms with van der Waals surface area (Å²) in [7, 11) is -0.00106. The number of hydrogen-bond donors (Lipinski definition) is 2. The van der Waals surface area contributed by atoms with Crippen molar-refractivity contribution in [1.29, 1.82) is 0 Å². The normalized spacial score (nSPS) is 11.7. The Bertz CT molecular complexity index is 1290. The molecule has 4 rings (SSSR count). The van der Waals surface area contributed by atoms with Gasteiger partial charge in [-0.3, -0.25) is 4.72 Å². The lowest BCUT2D eigenvalue weighted by atomic mass is 10.2. The average Bonchev–Trinajstić information content (AvgIpc) is 3.20. The van der Waals surface area contributed by atoms with Gasteiger partial charge < -0.3 is 19.3 Å². The third-order valence-corrected chi connectivity index (χ3v) is 5.82. The lowest BCUT2D eigenvalue weighted by molar-refractivity contribution is 0.416. The van der Waals surface area contributed by atoms with Crippen LogP contribution in [0.1, 0.15) is 5.56 Å². The quantitative estimate of drug-likeness (QED) is 0.320. The molecular formula is C24H23N3O4S. The van der Waals surface area contributed by atoms with E-state index in [0.29, 0.717) is 39.7 Å². The summed E-state index contributed by atoms with van der Waals surface area (Å²) in [4.78, 5) is 0.545. The molecule has 164 valence electrons. The fourth-order valence-corrected chi connectivity index (χ4v) is 3.99. The number of anilines is 2. The first-order chi connectivity index (χ1) is 15.6. The molecule has 0 saturated heterocycles. The number of benzene rings is 3. The maximum atomic E-state index is 13.0. The van der Waals surface area contributed by atoms with Crippen molar-refractivity contribution >= 4 is 33.5 Å². The highest BCUT2D eigenvalue weighted by Crippen LogP contribution is 2.34. The van der Waals surface area contributed by atoms with Crippen LogP contribution < -0.4 is 19.5 Å². The molecule has 0 spiro atoms. The summed E-state index contributed by atoms with van der Waals surface area (Å²) >= 11 is 0. The van der Waals surface area contributed by atoms with Crippen LogP contribution in [0.5, 0.6) is 17.2 Å². The third-order valence-electron chi connectivity index (χ3n) is 4.76. The summed E-state index contributed by atoms with van der Waals surface area (Å²) in [5, 5.41) is 7.89. The Morgan fingerprint density at radius 3 is 2.75 bits per heavy atom. The molecule has 0 aliphatic heterocycles. The number of ether oxygens (including phenoxy) is 2. The van der Waals surface area contributed by atoms with E-state index < -0.39 is 11.0 Å². The zero-order chi connectivity index (χ0) is 22.5. The molecule has 1 aromatic heterocycles. The Morgan fingerprint density at radius 2 is 1.97 bits per heavy atom. The second-order valence-electron chi connectivity index (χ2n) is 6.96. The molecular weight excluding hydrogens is 426 g/mol. The summed E-state index contributed by atoms with van der Waals surface area (Å²) < 4.78 is 32.8. The summed E-state index contributed by atoms with van der Waals surface area (Å²) in [5.74, 6) is 2.32. The van der Waals surface area contributed by atoms with Crippen LogP contribution in [0.4, 0.5) is 11.5 Å². The van der Waals surface area contributed by atoms with Gasteiger partial charge in [0.2, 0.25) is 0 Å². The molecule has 1 unspecified atom stereocenters. The molecule has 0 aliphatic carbocycles. The molecule has 32 heavy (non-hydrogen) atoms. The van der Waals surface area contributed by atoms with Crippen LogP contribution in [0, 0.1) is 6.92 Å². The molecule has 1 atom stereocenters. The van der Waals surface area contributed by atoms with Crippen molar-refractivity contribution < 1.29 is 18.2 Å². The topological polar surface area (TPSA) is 85.6 Å². The zero-order valence-corrected chi connectivity index (χ0v) is 18.6. The molecule has 0 saturated carbocycles. The molecule has 0 aliphatic rings. The highest BCUT2D eigenvalue weighted by Gasteiger charge is 2.16. The first kappa shape index (κ1) is 21.5. The van der Waals surface area contributed by atoms with E-state index in [1.807, 2.05) is 37.3 Å². The van der Waals surface area contributed by atoms with Crippen LogP contribution in [0.25, 0.3) is 11.0 Å². The van der Waals surface area contributed by atoms with Gasteiger partial charge in [0.05, 0.1) is 23.1 Å². The van der Waals surface area contributed by atoms with Gasteiger partial charge in [-0.15, -0.1) is 6.58 Å². The van der Waals surface area contributed by atoms with E-state index in [4.69, 9.17) is 14.0 Å². The zero-order valence-electron chi connectivity index (χ0n) is 17.8. The van der Waals surface area contributed by atoms with E-state index in [-0.39, 0.29) is 0 Å². The molecule has 3 aromatic carbocycles. The number of aromatic nitrogens is 1. The van der Waals surface area contributed by atoms with Crippen molar-refractivity contribution in [2.24, 2.45) is 0 Å². The Hall–Kier alpha value is -3.78. The molecule has 1 heterocycles. The lowest BCUT2D eigenvalue weighted by Crippen LogP contribution is -2.05. The summed E-state index contributed by atoms with van der Waals surface area (Å²) in [6.45, 7) is 6.25. The molecule has 4 aromatic rings. The summed E-state index contributed by atoms with van der Waals surface area (Å²) in [5.41, 5.74) is 2.31. The Kier molecular flexibility index (Phi) is 6.42. The Labute approximate surface area is 188 Å². The maximum Gasteiger partial charge on any atom is 0.189 e. The number of fused-ring (bicyclic) bond motifs is 1. The first-order valence-corrected chi connectivity index (χ1v) is 11.1. The number of rotatable bonds is 9. The number of methoxy groups -OCH3 is 1. The van der Waals surface area contributed by atoms with Gasteiger partial charge in [-0.1, -0.05) is 35.5 Å². The van der Waals surface area contributed by atoms with Crippen molar-refractivity contribution in [2.75, 3.05) is 23.7 Å². The standard InChI is InChI=1S/C24H23N3O4S/c1-4-12-25-20-15-22-19(14-23(20)29-3)24(26-31-22)27-32(28)18-10-7-9-17(13-18)30-21-11-6-5-8-16(21)2/h4-11,13-15,25H,1,12H2,2-3H3,(H,26,27). The van der Waals surface area contributed by atoms with E-state index in [0.717, 1.165) is 17.0 Å². The molecule has 0 amide bonds. The van der Waals surface area contributed by atoms with Gasteiger partial charge in [0.1, 0.15) is 17.2 Å². The predicted octanol–water partition coefficient (Wildman–Crippen LogP) is 5.67. The van der Waals surface area contributed by atoms with Gasteiger partial charge in [0.25, 0.3) is 0 Å². The number of nitrogens with zero attached hydrogens (tertiary/aromatic N) is 1. The van der Waals surface area contributed by atoms with Gasteiger partial charge >= 0.3 is 0 Å².